The molecule has 9 nitrogen and oxygen atoms in total. The molecule has 2 amide bonds. The average Bonchev–Trinajstić information content (AvgIpc) is 3.22. The number of nitrogens with one attached hydrogen (secondary N) is 1. The fraction of sp³-hybridized carbons (Fsp3) is 0.158. The Balaban J connectivity index is 1.77. The van der Waals surface area contributed by atoms with Crippen LogP contribution in [0.15, 0.2) is 61.2 Å². The summed E-state index contributed by atoms with van der Waals surface area (Å²) in [6.45, 7) is 0. The Morgan fingerprint density at radius 1 is 1.04 bits per heavy atom. The number of hydrogen-bond acceptors (Lipinski definition) is 6. The molecule has 0 aliphatic rings. The maximum absolute atomic E-state index is 12.7. The highest BCUT2D eigenvalue weighted by Crippen LogP contribution is 2.10. The van der Waals surface area contributed by atoms with E-state index in [1.54, 1.807) is 48.9 Å². The van der Waals surface area contributed by atoms with Crippen molar-refractivity contribution in [1.29, 1.82) is 0 Å². The van der Waals surface area contributed by atoms with Gasteiger partial charge in [-0.3, -0.25) is 19.4 Å². The second-order valence-corrected chi connectivity index (χ2v) is 5.96. The first-order chi connectivity index (χ1) is 13.6. The highest BCUT2D eigenvalue weighted by Gasteiger charge is 2.26. The summed E-state index contributed by atoms with van der Waals surface area (Å²) < 4.78 is 1.35. The van der Waals surface area contributed by atoms with Gasteiger partial charge in [0.15, 0.2) is 5.82 Å². The summed E-state index contributed by atoms with van der Waals surface area (Å²) in [5.74, 6) is -2.06. The molecular formula is C19H18N6O3. The first-order valence-electron chi connectivity index (χ1n) is 8.55. The van der Waals surface area contributed by atoms with Crippen LogP contribution < -0.4 is 11.1 Å². The number of pyridine rings is 2. The Morgan fingerprint density at radius 3 is 2.50 bits per heavy atom. The molecule has 142 valence electrons. The van der Waals surface area contributed by atoms with Gasteiger partial charge in [0.1, 0.15) is 5.69 Å². The van der Waals surface area contributed by atoms with Crippen molar-refractivity contribution in [3.05, 3.63) is 72.4 Å². The standard InChI is InChI=1S/C19H18N6O3/c20-18(27)17(26)14(5-4-13-6-10-21-11-7-13)24-19(28)15-8-12-23-25(15)16-3-1-2-9-22-16/h1-3,6-12,14H,4-5H2,(H2,20,27)(H,24,28). The third-order valence-electron chi connectivity index (χ3n) is 4.08. The van der Waals surface area contributed by atoms with Gasteiger partial charge in [-0.15, -0.1) is 0 Å². The summed E-state index contributed by atoms with van der Waals surface area (Å²) in [4.78, 5) is 44.4. The van der Waals surface area contributed by atoms with Crippen LogP contribution >= 0.6 is 0 Å². The number of carbonyl (C=O) groups is 3. The summed E-state index contributed by atoms with van der Waals surface area (Å²) in [5, 5.41) is 6.69. The number of primary amides is 1. The summed E-state index contributed by atoms with van der Waals surface area (Å²) in [5.41, 5.74) is 6.25. The molecule has 0 bridgehead atoms. The molecule has 1 atom stereocenters. The molecule has 1 unspecified atom stereocenters. The minimum atomic E-state index is -1.10. The van der Waals surface area contributed by atoms with Crippen molar-refractivity contribution in [2.45, 2.75) is 18.9 Å². The quantitative estimate of drug-likeness (QED) is 0.547. The molecule has 3 N–H and O–H groups in total. The number of ketones is 1. The van der Waals surface area contributed by atoms with Gasteiger partial charge < -0.3 is 11.1 Å². The zero-order valence-electron chi connectivity index (χ0n) is 14.9. The van der Waals surface area contributed by atoms with Gasteiger partial charge >= 0.3 is 0 Å². The van der Waals surface area contributed by atoms with E-state index in [-0.39, 0.29) is 12.1 Å². The van der Waals surface area contributed by atoms with Crippen molar-refractivity contribution >= 4 is 17.6 Å². The lowest BCUT2D eigenvalue weighted by molar-refractivity contribution is -0.137. The van der Waals surface area contributed by atoms with E-state index in [2.05, 4.69) is 20.4 Å². The minimum absolute atomic E-state index is 0.185. The van der Waals surface area contributed by atoms with Crippen LogP contribution in [0.2, 0.25) is 0 Å². The number of amides is 2. The van der Waals surface area contributed by atoms with Gasteiger partial charge in [-0.25, -0.2) is 9.67 Å². The van der Waals surface area contributed by atoms with Gasteiger partial charge in [-0.05, 0) is 48.7 Å². The van der Waals surface area contributed by atoms with E-state index in [0.29, 0.717) is 12.2 Å². The average molecular weight is 378 g/mol. The first kappa shape index (κ1) is 18.9. The third-order valence-corrected chi connectivity index (χ3v) is 4.08. The van der Waals surface area contributed by atoms with Crippen LogP contribution in [0.25, 0.3) is 5.82 Å². The van der Waals surface area contributed by atoms with E-state index in [0.717, 1.165) is 5.56 Å². The Bertz CT molecular complexity index is 972. The number of nitrogens with two attached hydrogens (primary N) is 1. The SMILES string of the molecule is NC(=O)C(=O)C(CCc1ccncc1)NC(=O)c1ccnn1-c1ccccn1. The lowest BCUT2D eigenvalue weighted by atomic mass is 10.0. The second-order valence-electron chi connectivity index (χ2n) is 5.96. The number of hydrogen-bond donors (Lipinski definition) is 2. The van der Waals surface area contributed by atoms with Crippen LogP contribution in [0.5, 0.6) is 0 Å². The lowest BCUT2D eigenvalue weighted by Gasteiger charge is -2.16. The number of Topliss-reactive ketones (excluding diaryl/α,β-unsaturated/α-hetero) is 1. The van der Waals surface area contributed by atoms with Gasteiger partial charge in [0, 0.05) is 18.6 Å². The van der Waals surface area contributed by atoms with Crippen LogP contribution in [-0.4, -0.2) is 43.4 Å². The van der Waals surface area contributed by atoms with E-state index in [4.69, 9.17) is 5.73 Å². The van der Waals surface area contributed by atoms with Crippen LogP contribution in [-0.2, 0) is 16.0 Å². The van der Waals surface area contributed by atoms with Gasteiger partial charge in [0.05, 0.1) is 12.2 Å². The molecule has 0 saturated heterocycles. The third kappa shape index (κ3) is 4.44. The van der Waals surface area contributed by atoms with Crippen LogP contribution in [0.3, 0.4) is 0 Å². The number of aryl methyl sites for hydroxylation is 1. The molecule has 0 aromatic carbocycles. The van der Waals surface area contributed by atoms with Crippen LogP contribution in [0, 0.1) is 0 Å². The largest absolute Gasteiger partial charge is 0.363 e. The molecule has 3 rings (SSSR count). The molecule has 3 heterocycles. The highest BCUT2D eigenvalue weighted by molar-refractivity contribution is 6.37. The molecule has 3 aromatic heterocycles. The monoisotopic (exact) mass is 378 g/mol. The number of aromatic nitrogens is 4. The van der Waals surface area contributed by atoms with Crippen molar-refractivity contribution in [1.82, 2.24) is 25.1 Å². The molecule has 9 heteroatoms. The van der Waals surface area contributed by atoms with Gasteiger partial charge in [-0.2, -0.15) is 5.10 Å². The van der Waals surface area contributed by atoms with Gasteiger partial charge in [0.2, 0.25) is 5.78 Å². The Kier molecular flexibility index (Phi) is 5.85. The number of nitrogens with zero attached hydrogens (tertiary/aromatic N) is 4. The Hall–Kier alpha value is -3.88. The van der Waals surface area contributed by atoms with E-state index in [1.165, 1.54) is 16.9 Å². The first-order valence-corrected chi connectivity index (χ1v) is 8.55. The second kappa shape index (κ2) is 8.67. The van der Waals surface area contributed by atoms with E-state index >= 15 is 0 Å². The zero-order valence-corrected chi connectivity index (χ0v) is 14.9. The maximum atomic E-state index is 12.7. The predicted octanol–water partition coefficient (Wildman–Crippen LogP) is 0.448. The number of carbonyl (C=O) groups excluding carboxylic acids is 3. The molecule has 3 aromatic rings. The summed E-state index contributed by atoms with van der Waals surface area (Å²) in [7, 11) is 0. The zero-order chi connectivity index (χ0) is 19.9. The minimum Gasteiger partial charge on any atom is -0.363 e. The number of rotatable bonds is 8. The summed E-state index contributed by atoms with van der Waals surface area (Å²) in [6.07, 6.45) is 6.97. The molecule has 28 heavy (non-hydrogen) atoms. The van der Waals surface area contributed by atoms with E-state index < -0.39 is 23.6 Å². The predicted molar refractivity (Wildman–Crippen MR) is 99.4 cm³/mol. The highest BCUT2D eigenvalue weighted by atomic mass is 16.2. The van der Waals surface area contributed by atoms with Crippen LogP contribution in [0.1, 0.15) is 22.5 Å². The molecule has 0 aliphatic carbocycles. The summed E-state index contributed by atoms with van der Waals surface area (Å²) >= 11 is 0. The van der Waals surface area contributed by atoms with Crippen LogP contribution in [0.4, 0.5) is 0 Å². The molecule has 0 fully saturated rings. The molecule has 0 saturated carbocycles. The van der Waals surface area contributed by atoms with E-state index in [9.17, 15) is 14.4 Å². The van der Waals surface area contributed by atoms with Crippen molar-refractivity contribution in [2.75, 3.05) is 0 Å². The molecular weight excluding hydrogens is 360 g/mol. The summed E-state index contributed by atoms with van der Waals surface area (Å²) in [6, 6.07) is 9.24. The maximum Gasteiger partial charge on any atom is 0.287 e. The van der Waals surface area contributed by atoms with Crippen molar-refractivity contribution in [3.63, 3.8) is 0 Å². The fourth-order valence-electron chi connectivity index (χ4n) is 2.67. The van der Waals surface area contributed by atoms with E-state index in [1.807, 2.05) is 0 Å². The topological polar surface area (TPSA) is 133 Å². The van der Waals surface area contributed by atoms with Gasteiger partial charge in [0.25, 0.3) is 11.8 Å². The normalized spacial score (nSPS) is 11.6. The molecule has 0 spiro atoms. The Labute approximate surface area is 160 Å². The fourth-order valence-corrected chi connectivity index (χ4v) is 2.67. The Morgan fingerprint density at radius 2 is 1.82 bits per heavy atom. The smallest absolute Gasteiger partial charge is 0.287 e. The van der Waals surface area contributed by atoms with Gasteiger partial charge in [-0.1, -0.05) is 6.07 Å². The molecule has 0 aliphatic heterocycles. The molecule has 0 radical (unpaired) electrons. The van der Waals surface area contributed by atoms with Crippen molar-refractivity contribution < 1.29 is 14.4 Å². The van der Waals surface area contributed by atoms with Crippen molar-refractivity contribution in [3.8, 4) is 5.82 Å². The van der Waals surface area contributed by atoms with Crippen molar-refractivity contribution in [2.24, 2.45) is 5.73 Å². The lowest BCUT2D eigenvalue weighted by Crippen LogP contribution is -2.46.